The molecule has 1 aliphatic rings. The first-order chi connectivity index (χ1) is 12.4. The van der Waals surface area contributed by atoms with Gasteiger partial charge in [0, 0.05) is 25.6 Å². The number of piperidine rings is 1. The van der Waals surface area contributed by atoms with E-state index in [-0.39, 0.29) is 18.5 Å². The van der Waals surface area contributed by atoms with Gasteiger partial charge in [0.05, 0.1) is 5.56 Å². The monoisotopic (exact) mass is 368 g/mol. The van der Waals surface area contributed by atoms with Crippen LogP contribution in [-0.4, -0.2) is 40.7 Å². The molecule has 26 heavy (non-hydrogen) atoms. The number of hydrogen-bond donors (Lipinski definition) is 1. The molecule has 140 valence electrons. The first-order valence-electron chi connectivity index (χ1n) is 8.38. The average Bonchev–Trinajstić information content (AvgIpc) is 3.16. The van der Waals surface area contributed by atoms with Crippen molar-refractivity contribution in [1.29, 1.82) is 0 Å². The van der Waals surface area contributed by atoms with E-state index in [0.29, 0.717) is 30.9 Å². The molecule has 1 aromatic heterocycles. The molecule has 0 spiro atoms. The van der Waals surface area contributed by atoms with Gasteiger partial charge in [0.2, 0.25) is 6.39 Å². The highest BCUT2D eigenvalue weighted by Crippen LogP contribution is 2.29. The van der Waals surface area contributed by atoms with E-state index in [0.717, 1.165) is 25.0 Å². The van der Waals surface area contributed by atoms with Crippen LogP contribution in [0.25, 0.3) is 0 Å². The Morgan fingerprint density at radius 3 is 2.96 bits per heavy atom. The van der Waals surface area contributed by atoms with Crippen LogP contribution in [-0.2, 0) is 12.6 Å². The molecule has 9 heteroatoms. The molecule has 3 rings (SSSR count). The predicted molar refractivity (Wildman–Crippen MR) is 86.4 cm³/mol. The minimum Gasteiger partial charge on any atom is -0.343 e. The number of amides is 2. The van der Waals surface area contributed by atoms with E-state index in [4.69, 9.17) is 4.52 Å². The first kappa shape index (κ1) is 18.2. The van der Waals surface area contributed by atoms with Crippen molar-refractivity contribution in [1.82, 2.24) is 20.4 Å². The van der Waals surface area contributed by atoms with Gasteiger partial charge in [0.25, 0.3) is 0 Å². The minimum absolute atomic E-state index is 0.0386. The number of nitrogens with zero attached hydrogens (tertiary/aromatic N) is 3. The number of likely N-dealkylation sites (tertiary alicyclic amines) is 1. The van der Waals surface area contributed by atoms with Gasteiger partial charge in [-0.2, -0.15) is 18.2 Å². The van der Waals surface area contributed by atoms with E-state index in [1.165, 1.54) is 12.5 Å². The topological polar surface area (TPSA) is 71.3 Å². The summed E-state index contributed by atoms with van der Waals surface area (Å²) in [6.45, 7) is 1.39. The lowest BCUT2D eigenvalue weighted by atomic mass is 9.98. The second-order valence-electron chi connectivity index (χ2n) is 6.25. The summed E-state index contributed by atoms with van der Waals surface area (Å²) in [6, 6.07) is 4.91. The van der Waals surface area contributed by atoms with E-state index >= 15 is 0 Å². The van der Waals surface area contributed by atoms with Crippen LogP contribution in [0.5, 0.6) is 0 Å². The van der Waals surface area contributed by atoms with Crippen LogP contribution in [0.1, 0.15) is 35.7 Å². The fourth-order valence-electron chi connectivity index (χ4n) is 3.06. The van der Waals surface area contributed by atoms with Crippen LogP contribution in [0.3, 0.4) is 0 Å². The molecule has 0 aliphatic carbocycles. The zero-order chi connectivity index (χ0) is 18.6. The van der Waals surface area contributed by atoms with Crippen molar-refractivity contribution in [3.05, 3.63) is 47.6 Å². The molecular formula is C17H19F3N4O2. The number of alkyl halides is 3. The highest BCUT2D eigenvalue weighted by molar-refractivity contribution is 5.74. The molecule has 0 radical (unpaired) electrons. The number of benzene rings is 1. The summed E-state index contributed by atoms with van der Waals surface area (Å²) in [5.74, 6) is 0.628. The number of halogens is 3. The largest absolute Gasteiger partial charge is 0.416 e. The third kappa shape index (κ3) is 4.53. The van der Waals surface area contributed by atoms with Gasteiger partial charge in [0.15, 0.2) is 5.82 Å². The smallest absolute Gasteiger partial charge is 0.343 e. The molecular weight excluding hydrogens is 349 g/mol. The van der Waals surface area contributed by atoms with Gasteiger partial charge >= 0.3 is 12.2 Å². The molecule has 0 bridgehead atoms. The Kier molecular flexibility index (Phi) is 5.43. The average molecular weight is 368 g/mol. The van der Waals surface area contributed by atoms with E-state index in [2.05, 4.69) is 15.5 Å². The van der Waals surface area contributed by atoms with Gasteiger partial charge in [-0.15, -0.1) is 0 Å². The first-order valence-corrected chi connectivity index (χ1v) is 8.38. The van der Waals surface area contributed by atoms with Gasteiger partial charge in [-0.05, 0) is 30.9 Å². The van der Waals surface area contributed by atoms with Gasteiger partial charge in [-0.3, -0.25) is 0 Å². The molecule has 1 aromatic carbocycles. The van der Waals surface area contributed by atoms with Crippen molar-refractivity contribution in [3.8, 4) is 0 Å². The number of aromatic nitrogens is 2. The number of carbonyl (C=O) groups is 1. The summed E-state index contributed by atoms with van der Waals surface area (Å²) in [7, 11) is 0. The predicted octanol–water partition coefficient (Wildman–Crippen LogP) is 3.22. The third-order valence-electron chi connectivity index (χ3n) is 4.40. The maximum absolute atomic E-state index is 12.7. The van der Waals surface area contributed by atoms with Crippen molar-refractivity contribution in [3.63, 3.8) is 0 Å². The highest BCUT2D eigenvalue weighted by atomic mass is 19.4. The van der Waals surface area contributed by atoms with Gasteiger partial charge < -0.3 is 14.7 Å². The number of carbonyl (C=O) groups excluding carboxylic acids is 1. The molecule has 6 nitrogen and oxygen atoms in total. The molecule has 0 saturated carbocycles. The molecule has 1 atom stereocenters. The molecule has 2 amide bonds. The van der Waals surface area contributed by atoms with Crippen LogP contribution in [0.4, 0.5) is 18.0 Å². The van der Waals surface area contributed by atoms with Crippen LogP contribution in [0, 0.1) is 0 Å². The Hall–Kier alpha value is -2.58. The minimum atomic E-state index is -4.36. The lowest BCUT2D eigenvalue weighted by Crippen LogP contribution is -2.45. The molecule has 1 saturated heterocycles. The lowest BCUT2D eigenvalue weighted by Gasteiger charge is -2.31. The second kappa shape index (κ2) is 7.76. The number of hydrogen-bond acceptors (Lipinski definition) is 4. The van der Waals surface area contributed by atoms with Crippen LogP contribution >= 0.6 is 0 Å². The number of urea groups is 1. The maximum Gasteiger partial charge on any atom is 0.416 e. The Morgan fingerprint density at radius 2 is 2.23 bits per heavy atom. The van der Waals surface area contributed by atoms with Crippen LogP contribution < -0.4 is 5.32 Å². The Morgan fingerprint density at radius 1 is 1.38 bits per heavy atom. The van der Waals surface area contributed by atoms with Crippen molar-refractivity contribution < 1.29 is 22.5 Å². The summed E-state index contributed by atoms with van der Waals surface area (Å²) in [5.41, 5.74) is -0.149. The Labute approximate surface area is 148 Å². The third-order valence-corrected chi connectivity index (χ3v) is 4.40. The zero-order valence-electron chi connectivity index (χ0n) is 14.0. The maximum atomic E-state index is 12.7. The summed E-state index contributed by atoms with van der Waals surface area (Å²) >= 11 is 0. The summed E-state index contributed by atoms with van der Waals surface area (Å²) in [5, 5.41) is 6.59. The standard InChI is InChI=1S/C17H19F3N4O2/c18-17(19,20)14-5-1-3-12(9-14)6-7-21-16(25)24-8-2-4-13(10-24)15-22-11-26-23-15/h1,3,5,9,11,13H,2,4,6-8,10H2,(H,21,25)/t13-/m1/s1. The normalized spacial score (nSPS) is 18.0. The van der Waals surface area contributed by atoms with Crippen molar-refractivity contribution >= 4 is 6.03 Å². The summed E-state index contributed by atoms with van der Waals surface area (Å²) in [4.78, 5) is 18.0. The van der Waals surface area contributed by atoms with Gasteiger partial charge in [-0.25, -0.2) is 4.79 Å². The van der Waals surface area contributed by atoms with Gasteiger partial charge in [0.1, 0.15) is 0 Å². The van der Waals surface area contributed by atoms with E-state index in [1.807, 2.05) is 0 Å². The Bertz CT molecular complexity index is 734. The van der Waals surface area contributed by atoms with Crippen molar-refractivity contribution in [2.45, 2.75) is 31.4 Å². The fraction of sp³-hybridized carbons (Fsp3) is 0.471. The van der Waals surface area contributed by atoms with Crippen molar-refractivity contribution in [2.75, 3.05) is 19.6 Å². The van der Waals surface area contributed by atoms with E-state index in [9.17, 15) is 18.0 Å². The quantitative estimate of drug-likeness (QED) is 0.900. The van der Waals surface area contributed by atoms with Crippen molar-refractivity contribution in [2.24, 2.45) is 0 Å². The molecule has 1 aliphatic heterocycles. The van der Waals surface area contributed by atoms with Crippen LogP contribution in [0.15, 0.2) is 35.2 Å². The number of nitrogens with one attached hydrogen (secondary N) is 1. The second-order valence-corrected chi connectivity index (χ2v) is 6.25. The fourth-order valence-corrected chi connectivity index (χ4v) is 3.06. The lowest BCUT2D eigenvalue weighted by molar-refractivity contribution is -0.137. The van der Waals surface area contributed by atoms with Gasteiger partial charge in [-0.1, -0.05) is 23.4 Å². The highest BCUT2D eigenvalue weighted by Gasteiger charge is 2.30. The molecule has 1 fully saturated rings. The molecule has 1 N–H and O–H groups in total. The molecule has 0 unspecified atom stereocenters. The van der Waals surface area contributed by atoms with E-state index < -0.39 is 11.7 Å². The zero-order valence-corrected chi connectivity index (χ0v) is 14.0. The summed E-state index contributed by atoms with van der Waals surface area (Å²) in [6.07, 6.45) is -1.05. The SMILES string of the molecule is O=C(NCCc1cccc(C(F)(F)F)c1)N1CCC[C@@H](c2ncon2)C1. The molecule has 2 heterocycles. The molecule has 2 aromatic rings. The summed E-state index contributed by atoms with van der Waals surface area (Å²) < 4.78 is 42.9. The van der Waals surface area contributed by atoms with E-state index in [1.54, 1.807) is 11.0 Å². The Balaban J connectivity index is 1.50. The van der Waals surface area contributed by atoms with Crippen LogP contribution in [0.2, 0.25) is 0 Å². The number of rotatable bonds is 4.